The maximum absolute atomic E-state index is 13.4. The molecule has 0 aliphatic carbocycles. The maximum atomic E-state index is 13.4. The lowest BCUT2D eigenvalue weighted by molar-refractivity contribution is 0.0785. The molecule has 5 rings (SSSR count). The van der Waals surface area contributed by atoms with Crippen LogP contribution < -0.4 is 0 Å². The van der Waals surface area contributed by atoms with E-state index >= 15 is 0 Å². The number of benzene rings is 2. The topological polar surface area (TPSA) is 81.7 Å². The summed E-state index contributed by atoms with van der Waals surface area (Å²) < 4.78 is 3.35. The molecular weight excluding hydrogens is 422 g/mol. The standard InChI is InChI=1S/C23H19N7OS/c1-28(23(31)19-10-5-6-11-20(19)30-16-24-26-27-30)14-17-15-29(18-8-3-2-4-9-18)25-22(17)21-12-7-13-32-21/h2-13,15-16H,14H2,1H3. The molecule has 0 aliphatic rings. The van der Waals surface area contributed by atoms with Crippen molar-refractivity contribution in [3.63, 3.8) is 0 Å². The summed E-state index contributed by atoms with van der Waals surface area (Å²) in [6.45, 7) is 0.406. The average molecular weight is 442 g/mol. The van der Waals surface area contributed by atoms with Gasteiger partial charge in [0.15, 0.2) is 0 Å². The highest BCUT2D eigenvalue weighted by atomic mass is 32.1. The van der Waals surface area contributed by atoms with E-state index in [1.54, 1.807) is 29.4 Å². The number of para-hydroxylation sites is 2. The van der Waals surface area contributed by atoms with Crippen LogP contribution in [-0.4, -0.2) is 47.8 Å². The van der Waals surface area contributed by atoms with E-state index in [1.165, 1.54) is 11.0 Å². The zero-order valence-corrected chi connectivity index (χ0v) is 18.1. The first-order valence-corrected chi connectivity index (χ1v) is 10.8. The molecule has 0 radical (unpaired) electrons. The van der Waals surface area contributed by atoms with Gasteiger partial charge in [-0.1, -0.05) is 36.4 Å². The first-order valence-electron chi connectivity index (χ1n) is 9.96. The Hall–Kier alpha value is -4.11. The highest BCUT2D eigenvalue weighted by molar-refractivity contribution is 7.13. The first kappa shape index (κ1) is 19.8. The number of rotatable bonds is 6. The van der Waals surface area contributed by atoms with Crippen molar-refractivity contribution >= 4 is 17.2 Å². The minimum absolute atomic E-state index is 0.124. The Morgan fingerprint density at radius 3 is 2.56 bits per heavy atom. The van der Waals surface area contributed by atoms with Crippen LogP contribution in [0.4, 0.5) is 0 Å². The number of hydrogen-bond acceptors (Lipinski definition) is 6. The van der Waals surface area contributed by atoms with Gasteiger partial charge < -0.3 is 4.90 Å². The summed E-state index contributed by atoms with van der Waals surface area (Å²) in [6.07, 6.45) is 3.46. The van der Waals surface area contributed by atoms with Gasteiger partial charge in [-0.05, 0) is 46.1 Å². The third kappa shape index (κ3) is 3.81. The van der Waals surface area contributed by atoms with Crippen LogP contribution in [0.15, 0.2) is 84.6 Å². The molecule has 1 amide bonds. The smallest absolute Gasteiger partial charge is 0.256 e. The SMILES string of the molecule is CN(Cc1cn(-c2ccccc2)nc1-c1cccs1)C(=O)c1ccccc1-n1cnnn1. The van der Waals surface area contributed by atoms with Crippen LogP contribution >= 0.6 is 11.3 Å². The van der Waals surface area contributed by atoms with Crippen LogP contribution in [0.2, 0.25) is 0 Å². The monoisotopic (exact) mass is 441 g/mol. The number of carbonyl (C=O) groups is 1. The third-order valence-electron chi connectivity index (χ3n) is 5.05. The zero-order chi connectivity index (χ0) is 21.9. The maximum Gasteiger partial charge on any atom is 0.256 e. The van der Waals surface area contributed by atoms with Crippen molar-refractivity contribution < 1.29 is 4.79 Å². The van der Waals surface area contributed by atoms with E-state index in [2.05, 4.69) is 15.5 Å². The molecule has 9 heteroatoms. The Morgan fingerprint density at radius 1 is 1.00 bits per heavy atom. The summed E-state index contributed by atoms with van der Waals surface area (Å²) in [6, 6.07) is 21.3. The second-order valence-electron chi connectivity index (χ2n) is 7.19. The van der Waals surface area contributed by atoms with Crippen molar-refractivity contribution in [3.05, 3.63) is 95.8 Å². The van der Waals surface area contributed by atoms with E-state index in [-0.39, 0.29) is 5.91 Å². The molecule has 0 saturated heterocycles. The summed E-state index contributed by atoms with van der Waals surface area (Å²) in [4.78, 5) is 16.1. The van der Waals surface area contributed by atoms with Crippen LogP contribution in [0.3, 0.4) is 0 Å². The van der Waals surface area contributed by atoms with E-state index in [4.69, 9.17) is 5.10 Å². The molecular formula is C23H19N7OS. The molecule has 0 aliphatic heterocycles. The predicted octanol–water partition coefficient (Wildman–Crippen LogP) is 3.85. The van der Waals surface area contributed by atoms with Crippen LogP contribution in [0.25, 0.3) is 21.9 Å². The number of tetrazole rings is 1. The molecule has 0 N–H and O–H groups in total. The Labute approximate surface area is 188 Å². The predicted molar refractivity (Wildman–Crippen MR) is 122 cm³/mol. The van der Waals surface area contributed by atoms with E-state index in [0.29, 0.717) is 17.8 Å². The van der Waals surface area contributed by atoms with Crippen LogP contribution in [0, 0.1) is 0 Å². The first-order chi connectivity index (χ1) is 15.7. The minimum Gasteiger partial charge on any atom is -0.337 e. The van der Waals surface area contributed by atoms with Gasteiger partial charge in [0.1, 0.15) is 12.0 Å². The second kappa shape index (κ2) is 8.56. The molecule has 0 unspecified atom stereocenters. The molecule has 5 aromatic rings. The van der Waals surface area contributed by atoms with Crippen molar-refractivity contribution in [2.24, 2.45) is 0 Å². The van der Waals surface area contributed by atoms with Gasteiger partial charge in [-0.2, -0.15) is 9.78 Å². The van der Waals surface area contributed by atoms with Crippen molar-refractivity contribution in [2.45, 2.75) is 6.54 Å². The van der Waals surface area contributed by atoms with Crippen molar-refractivity contribution in [3.8, 4) is 21.9 Å². The average Bonchev–Trinajstić information content (AvgIpc) is 3.61. The fourth-order valence-corrected chi connectivity index (χ4v) is 4.26. The lowest BCUT2D eigenvalue weighted by Crippen LogP contribution is -2.27. The number of carbonyl (C=O) groups excluding carboxylic acids is 1. The van der Waals surface area contributed by atoms with Crippen LogP contribution in [0.5, 0.6) is 0 Å². The van der Waals surface area contributed by atoms with Gasteiger partial charge in [-0.25, -0.2) is 4.68 Å². The molecule has 0 bridgehead atoms. The minimum atomic E-state index is -0.124. The van der Waals surface area contributed by atoms with E-state index in [0.717, 1.165) is 21.8 Å². The van der Waals surface area contributed by atoms with Gasteiger partial charge >= 0.3 is 0 Å². The van der Waals surface area contributed by atoms with Crippen molar-refractivity contribution in [2.75, 3.05) is 7.05 Å². The number of hydrogen-bond donors (Lipinski definition) is 0. The van der Waals surface area contributed by atoms with Gasteiger partial charge in [0.2, 0.25) is 0 Å². The van der Waals surface area contributed by atoms with Crippen LogP contribution in [0.1, 0.15) is 15.9 Å². The van der Waals surface area contributed by atoms with Gasteiger partial charge in [-0.3, -0.25) is 4.79 Å². The largest absolute Gasteiger partial charge is 0.337 e. The molecule has 0 spiro atoms. The van der Waals surface area contributed by atoms with E-state index in [1.807, 2.05) is 76.9 Å². The van der Waals surface area contributed by atoms with E-state index in [9.17, 15) is 4.79 Å². The van der Waals surface area contributed by atoms with Crippen LogP contribution in [-0.2, 0) is 6.54 Å². The highest BCUT2D eigenvalue weighted by Gasteiger charge is 2.21. The summed E-state index contributed by atoms with van der Waals surface area (Å²) in [7, 11) is 1.79. The van der Waals surface area contributed by atoms with E-state index < -0.39 is 0 Å². The Kier molecular flexibility index (Phi) is 5.30. The highest BCUT2D eigenvalue weighted by Crippen LogP contribution is 2.29. The quantitative estimate of drug-likeness (QED) is 0.400. The van der Waals surface area contributed by atoms with Gasteiger partial charge in [0, 0.05) is 25.4 Å². The molecule has 3 aromatic heterocycles. The molecule has 158 valence electrons. The summed E-state index contributed by atoms with van der Waals surface area (Å²) in [5.41, 5.74) is 3.96. The lowest BCUT2D eigenvalue weighted by atomic mass is 10.1. The van der Waals surface area contributed by atoms with Crippen molar-refractivity contribution in [1.82, 2.24) is 34.9 Å². The molecule has 32 heavy (non-hydrogen) atoms. The summed E-state index contributed by atoms with van der Waals surface area (Å²) in [5.74, 6) is -0.124. The second-order valence-corrected chi connectivity index (χ2v) is 8.14. The fourth-order valence-electron chi connectivity index (χ4n) is 3.52. The summed E-state index contributed by atoms with van der Waals surface area (Å²) >= 11 is 1.63. The number of amides is 1. The molecule has 0 fully saturated rings. The molecule has 3 heterocycles. The molecule has 8 nitrogen and oxygen atoms in total. The Balaban J connectivity index is 1.48. The normalized spacial score (nSPS) is 10.9. The number of aromatic nitrogens is 6. The van der Waals surface area contributed by atoms with Gasteiger partial charge in [0.05, 0.1) is 21.8 Å². The third-order valence-corrected chi connectivity index (χ3v) is 5.93. The Morgan fingerprint density at radius 2 is 1.81 bits per heavy atom. The molecule has 0 saturated carbocycles. The fraction of sp³-hybridized carbons (Fsp3) is 0.0870. The summed E-state index contributed by atoms with van der Waals surface area (Å²) in [5, 5.41) is 18.1. The number of thiophene rings is 1. The zero-order valence-electron chi connectivity index (χ0n) is 17.2. The lowest BCUT2D eigenvalue weighted by Gasteiger charge is -2.18. The van der Waals surface area contributed by atoms with Crippen molar-refractivity contribution in [1.29, 1.82) is 0 Å². The molecule has 0 atom stereocenters. The van der Waals surface area contributed by atoms with Gasteiger partial charge in [0.25, 0.3) is 5.91 Å². The Bertz CT molecular complexity index is 1330. The molecule has 2 aromatic carbocycles. The van der Waals surface area contributed by atoms with Gasteiger partial charge in [-0.15, -0.1) is 16.4 Å². The number of nitrogens with zero attached hydrogens (tertiary/aromatic N) is 7.